The molecule has 0 aromatic heterocycles. The highest BCUT2D eigenvalue weighted by Gasteiger charge is 2.36. The Kier molecular flexibility index (Phi) is 4.04. The normalized spacial score (nSPS) is 17.7. The van der Waals surface area contributed by atoms with Crippen molar-refractivity contribution in [3.8, 4) is 0 Å². The van der Waals surface area contributed by atoms with Crippen LogP contribution in [0.1, 0.15) is 43.5 Å². The first-order valence-electron chi connectivity index (χ1n) is 6.79. The van der Waals surface area contributed by atoms with E-state index >= 15 is 0 Å². The molecule has 4 heteroatoms. The van der Waals surface area contributed by atoms with E-state index in [1.165, 1.54) is 0 Å². The Balaban J connectivity index is 2.33. The van der Waals surface area contributed by atoms with Gasteiger partial charge in [-0.25, -0.2) is 4.79 Å². The monoisotopic (exact) mass is 281 g/mol. The van der Waals surface area contributed by atoms with Gasteiger partial charge >= 0.3 is 5.97 Å². The number of anilines is 1. The maximum atomic E-state index is 11.3. The van der Waals surface area contributed by atoms with Gasteiger partial charge in [-0.05, 0) is 42.9 Å². The number of carboxylic acid groups (broad SMARTS) is 1. The Morgan fingerprint density at radius 2 is 2.11 bits per heavy atom. The van der Waals surface area contributed by atoms with Crippen molar-refractivity contribution < 1.29 is 9.90 Å². The Bertz CT molecular complexity index is 483. The predicted octanol–water partition coefficient (Wildman–Crippen LogP) is 4.05. The highest BCUT2D eigenvalue weighted by Crippen LogP contribution is 2.40. The number of aromatic carboxylic acids is 1. The second-order valence-electron chi connectivity index (χ2n) is 5.35. The Morgan fingerprint density at radius 1 is 1.42 bits per heavy atom. The molecular formula is C15H20ClNO2. The maximum Gasteiger partial charge on any atom is 0.337 e. The van der Waals surface area contributed by atoms with E-state index in [9.17, 15) is 9.90 Å². The maximum absolute atomic E-state index is 11.3. The predicted molar refractivity (Wildman–Crippen MR) is 78.3 cm³/mol. The summed E-state index contributed by atoms with van der Waals surface area (Å²) >= 11 is 6.02. The van der Waals surface area contributed by atoms with Gasteiger partial charge in [-0.3, -0.25) is 0 Å². The van der Waals surface area contributed by atoms with E-state index in [1.54, 1.807) is 18.2 Å². The number of carboxylic acids is 1. The lowest BCUT2D eigenvalue weighted by molar-refractivity contribution is 0.0697. The molecule has 1 saturated heterocycles. The van der Waals surface area contributed by atoms with Gasteiger partial charge in [0.25, 0.3) is 0 Å². The third kappa shape index (κ3) is 2.71. The minimum Gasteiger partial charge on any atom is -0.478 e. The third-order valence-corrected chi connectivity index (χ3v) is 4.70. The summed E-state index contributed by atoms with van der Waals surface area (Å²) in [5.41, 5.74) is 1.41. The van der Waals surface area contributed by atoms with Crippen LogP contribution in [0.25, 0.3) is 0 Å². The summed E-state index contributed by atoms with van der Waals surface area (Å²) in [5, 5.41) is 9.88. The van der Waals surface area contributed by atoms with Crippen LogP contribution in [0.3, 0.4) is 0 Å². The summed E-state index contributed by atoms with van der Waals surface area (Å²) in [5.74, 6) is -0.892. The van der Waals surface area contributed by atoms with E-state index < -0.39 is 5.97 Å². The molecule has 104 valence electrons. The fourth-order valence-electron chi connectivity index (χ4n) is 2.92. The zero-order valence-corrected chi connectivity index (χ0v) is 12.2. The molecular weight excluding hydrogens is 262 g/mol. The van der Waals surface area contributed by atoms with Crippen LogP contribution in [-0.2, 0) is 0 Å². The number of nitrogens with zero attached hydrogens (tertiary/aromatic N) is 1. The fourth-order valence-corrected chi connectivity index (χ4v) is 3.08. The molecule has 1 aliphatic heterocycles. The number of rotatable bonds is 4. The van der Waals surface area contributed by atoms with Crippen LogP contribution in [0, 0.1) is 5.41 Å². The first-order valence-corrected chi connectivity index (χ1v) is 7.17. The topological polar surface area (TPSA) is 40.5 Å². The molecule has 19 heavy (non-hydrogen) atoms. The molecule has 0 amide bonds. The van der Waals surface area contributed by atoms with Gasteiger partial charge in [0.05, 0.1) is 11.3 Å². The van der Waals surface area contributed by atoms with E-state index in [0.717, 1.165) is 38.0 Å². The van der Waals surface area contributed by atoms with Gasteiger partial charge in [-0.15, -0.1) is 0 Å². The molecule has 2 rings (SSSR count). The molecule has 1 aromatic carbocycles. The summed E-state index contributed by atoms with van der Waals surface area (Å²) in [6, 6.07) is 5.00. The van der Waals surface area contributed by atoms with Gasteiger partial charge in [0.1, 0.15) is 0 Å². The van der Waals surface area contributed by atoms with Gasteiger partial charge in [-0.2, -0.15) is 0 Å². The molecule has 1 heterocycles. The molecule has 0 saturated carbocycles. The SMILES string of the molecule is CCC1(CC)CCN(c2cc(Cl)ccc2C(=O)O)C1. The largest absolute Gasteiger partial charge is 0.478 e. The minimum atomic E-state index is -0.892. The third-order valence-electron chi connectivity index (χ3n) is 4.47. The smallest absolute Gasteiger partial charge is 0.337 e. The fraction of sp³-hybridized carbons (Fsp3) is 0.533. The van der Waals surface area contributed by atoms with Crippen molar-refractivity contribution in [2.45, 2.75) is 33.1 Å². The van der Waals surface area contributed by atoms with Crippen molar-refractivity contribution in [3.05, 3.63) is 28.8 Å². The number of hydrogen-bond acceptors (Lipinski definition) is 2. The van der Waals surface area contributed by atoms with Crippen molar-refractivity contribution in [1.82, 2.24) is 0 Å². The van der Waals surface area contributed by atoms with E-state index in [-0.39, 0.29) is 0 Å². The van der Waals surface area contributed by atoms with Gasteiger partial charge < -0.3 is 10.0 Å². The minimum absolute atomic E-state index is 0.318. The number of halogens is 1. The second kappa shape index (κ2) is 5.41. The van der Waals surface area contributed by atoms with Crippen LogP contribution in [0.15, 0.2) is 18.2 Å². The molecule has 0 aliphatic carbocycles. The van der Waals surface area contributed by atoms with E-state index in [4.69, 9.17) is 11.6 Å². The van der Waals surface area contributed by atoms with Crippen LogP contribution < -0.4 is 4.90 Å². The summed E-state index contributed by atoms with van der Waals surface area (Å²) in [7, 11) is 0. The molecule has 0 radical (unpaired) electrons. The van der Waals surface area contributed by atoms with E-state index in [0.29, 0.717) is 16.0 Å². The molecule has 0 atom stereocenters. The molecule has 0 unspecified atom stereocenters. The summed E-state index contributed by atoms with van der Waals surface area (Å²) in [4.78, 5) is 13.5. The quantitative estimate of drug-likeness (QED) is 0.905. The molecule has 1 aromatic rings. The van der Waals surface area contributed by atoms with Crippen molar-refractivity contribution in [2.75, 3.05) is 18.0 Å². The zero-order chi connectivity index (χ0) is 14.0. The van der Waals surface area contributed by atoms with Crippen LogP contribution >= 0.6 is 11.6 Å². The molecule has 3 nitrogen and oxygen atoms in total. The van der Waals surface area contributed by atoms with E-state index in [1.807, 2.05) is 0 Å². The standard InChI is InChI=1S/C15H20ClNO2/c1-3-15(4-2)7-8-17(10-15)13-9-11(16)5-6-12(13)14(18)19/h5-6,9H,3-4,7-8,10H2,1-2H3,(H,18,19). The molecule has 0 spiro atoms. The van der Waals surface area contributed by atoms with Crippen LogP contribution in [0.4, 0.5) is 5.69 Å². The van der Waals surface area contributed by atoms with Crippen LogP contribution in [-0.4, -0.2) is 24.2 Å². The van der Waals surface area contributed by atoms with Crippen LogP contribution in [0.2, 0.25) is 5.02 Å². The van der Waals surface area contributed by atoms with Crippen LogP contribution in [0.5, 0.6) is 0 Å². The number of benzene rings is 1. The second-order valence-corrected chi connectivity index (χ2v) is 5.78. The molecule has 1 N–H and O–H groups in total. The van der Waals surface area contributed by atoms with Gasteiger partial charge in [0, 0.05) is 18.1 Å². The van der Waals surface area contributed by atoms with Gasteiger partial charge in [0.15, 0.2) is 0 Å². The van der Waals surface area contributed by atoms with Crippen molar-refractivity contribution in [2.24, 2.45) is 5.41 Å². The zero-order valence-electron chi connectivity index (χ0n) is 11.4. The molecule has 1 fully saturated rings. The average Bonchev–Trinajstić information content (AvgIpc) is 2.83. The molecule has 0 bridgehead atoms. The number of hydrogen-bond donors (Lipinski definition) is 1. The lowest BCUT2D eigenvalue weighted by atomic mass is 9.82. The van der Waals surface area contributed by atoms with Crippen molar-refractivity contribution >= 4 is 23.3 Å². The highest BCUT2D eigenvalue weighted by molar-refractivity contribution is 6.31. The lowest BCUT2D eigenvalue weighted by Gasteiger charge is -2.27. The lowest BCUT2D eigenvalue weighted by Crippen LogP contribution is -2.27. The van der Waals surface area contributed by atoms with Crippen molar-refractivity contribution in [1.29, 1.82) is 0 Å². The first kappa shape index (κ1) is 14.2. The Hall–Kier alpha value is -1.22. The summed E-state index contributed by atoms with van der Waals surface area (Å²) < 4.78 is 0. The summed E-state index contributed by atoms with van der Waals surface area (Å²) in [6.45, 7) is 6.25. The molecule has 1 aliphatic rings. The number of carbonyl (C=O) groups is 1. The average molecular weight is 282 g/mol. The highest BCUT2D eigenvalue weighted by atomic mass is 35.5. The van der Waals surface area contributed by atoms with E-state index in [2.05, 4.69) is 18.7 Å². The summed E-state index contributed by atoms with van der Waals surface area (Å²) in [6.07, 6.45) is 3.37. The first-order chi connectivity index (χ1) is 9.01. The van der Waals surface area contributed by atoms with Gasteiger partial charge in [0.2, 0.25) is 0 Å². The Morgan fingerprint density at radius 3 is 2.63 bits per heavy atom. The Labute approximate surface area is 119 Å². The van der Waals surface area contributed by atoms with Gasteiger partial charge in [-0.1, -0.05) is 25.4 Å². The van der Waals surface area contributed by atoms with Crippen molar-refractivity contribution in [3.63, 3.8) is 0 Å².